The van der Waals surface area contributed by atoms with Crippen LogP contribution in [-0.2, 0) is 16.1 Å². The number of benzene rings is 2. The maximum Gasteiger partial charge on any atom is 0.262 e. The molecule has 0 aromatic heterocycles. The average Bonchev–Trinajstić information content (AvgIpc) is 2.68. The van der Waals surface area contributed by atoms with Gasteiger partial charge < -0.3 is 15.4 Å². The molecule has 0 saturated heterocycles. The molecule has 0 aliphatic heterocycles. The van der Waals surface area contributed by atoms with E-state index in [4.69, 9.17) is 4.74 Å². The van der Waals surface area contributed by atoms with Crippen LogP contribution in [0.1, 0.15) is 40.7 Å². The summed E-state index contributed by atoms with van der Waals surface area (Å²) in [5.41, 5.74) is 6.20. The van der Waals surface area contributed by atoms with E-state index in [1.807, 2.05) is 52.0 Å². The van der Waals surface area contributed by atoms with Crippen LogP contribution in [0.15, 0.2) is 48.7 Å². The van der Waals surface area contributed by atoms with Gasteiger partial charge >= 0.3 is 0 Å². The van der Waals surface area contributed by atoms with Gasteiger partial charge in [0.25, 0.3) is 5.91 Å². The fourth-order valence-electron chi connectivity index (χ4n) is 2.79. The number of amides is 2. The van der Waals surface area contributed by atoms with Gasteiger partial charge in [-0.25, -0.2) is 0 Å². The summed E-state index contributed by atoms with van der Waals surface area (Å²) in [5.74, 6) is 0.288. The summed E-state index contributed by atoms with van der Waals surface area (Å²) >= 11 is 0. The Kier molecular flexibility index (Phi) is 8.01. The molecular weight excluding hydrogens is 364 g/mol. The smallest absolute Gasteiger partial charge is 0.262 e. The summed E-state index contributed by atoms with van der Waals surface area (Å²) in [6.07, 6.45) is 0.649. The number of hydrogen-bond donors (Lipinski definition) is 2. The van der Waals surface area contributed by atoms with Crippen molar-refractivity contribution in [3.05, 3.63) is 76.5 Å². The van der Waals surface area contributed by atoms with Crippen LogP contribution in [0.3, 0.4) is 0 Å². The van der Waals surface area contributed by atoms with Crippen LogP contribution in [-0.4, -0.2) is 18.4 Å². The summed E-state index contributed by atoms with van der Waals surface area (Å²) in [5, 5.41) is 5.60. The molecular formula is C24H30N2O3. The molecule has 2 aromatic carbocycles. The third kappa shape index (κ3) is 7.45. The number of ether oxygens (including phenoxy) is 1. The third-order valence-corrected chi connectivity index (χ3v) is 4.80. The van der Waals surface area contributed by atoms with Crippen molar-refractivity contribution in [1.29, 1.82) is 0 Å². The van der Waals surface area contributed by atoms with E-state index in [0.29, 0.717) is 24.4 Å². The van der Waals surface area contributed by atoms with Gasteiger partial charge in [0.15, 0.2) is 6.61 Å². The van der Waals surface area contributed by atoms with Crippen LogP contribution < -0.4 is 15.4 Å². The van der Waals surface area contributed by atoms with Gasteiger partial charge in [0, 0.05) is 18.7 Å². The molecule has 2 rings (SSSR count). The quantitative estimate of drug-likeness (QED) is 0.675. The highest BCUT2D eigenvalue weighted by atomic mass is 16.5. The zero-order chi connectivity index (χ0) is 21.4. The van der Waals surface area contributed by atoms with Crippen molar-refractivity contribution in [2.45, 2.75) is 47.1 Å². The number of rotatable bonds is 9. The number of allylic oxidation sites excluding steroid dienone is 1. The van der Waals surface area contributed by atoms with Crippen LogP contribution in [0, 0.1) is 27.7 Å². The van der Waals surface area contributed by atoms with E-state index >= 15 is 0 Å². The molecule has 0 saturated carbocycles. The minimum atomic E-state index is -0.288. The molecule has 0 spiro atoms. The van der Waals surface area contributed by atoms with E-state index in [-0.39, 0.29) is 24.8 Å². The molecule has 0 heterocycles. The van der Waals surface area contributed by atoms with Gasteiger partial charge in [-0.05, 0) is 68.5 Å². The Morgan fingerprint density at radius 2 is 1.62 bits per heavy atom. The van der Waals surface area contributed by atoms with E-state index < -0.39 is 0 Å². The fourth-order valence-corrected chi connectivity index (χ4v) is 2.79. The standard InChI is InChI=1S/C24H30N2O3/c1-16-6-7-18(3)21(12-16)14-25-23(27)11-9-20(5)26-24(28)15-29-22-10-8-17(2)19(4)13-22/h6-8,10,12-13H,5,9,11,14-15H2,1-4H3,(H,25,27)(H,26,28). The van der Waals surface area contributed by atoms with Crippen LogP contribution in [0.25, 0.3) is 0 Å². The van der Waals surface area contributed by atoms with E-state index in [1.165, 1.54) is 11.1 Å². The Hall–Kier alpha value is -3.08. The third-order valence-electron chi connectivity index (χ3n) is 4.80. The molecule has 5 nitrogen and oxygen atoms in total. The maximum atomic E-state index is 12.1. The van der Waals surface area contributed by atoms with Gasteiger partial charge in [-0.2, -0.15) is 0 Å². The topological polar surface area (TPSA) is 67.4 Å². The van der Waals surface area contributed by atoms with Crippen molar-refractivity contribution in [1.82, 2.24) is 10.6 Å². The highest BCUT2D eigenvalue weighted by Gasteiger charge is 2.08. The Morgan fingerprint density at radius 3 is 2.34 bits per heavy atom. The second-order valence-corrected chi connectivity index (χ2v) is 7.39. The first kappa shape index (κ1) is 22.2. The van der Waals surface area contributed by atoms with Crippen molar-refractivity contribution in [2.24, 2.45) is 0 Å². The van der Waals surface area contributed by atoms with E-state index in [0.717, 1.165) is 16.7 Å². The average molecular weight is 395 g/mol. The van der Waals surface area contributed by atoms with Gasteiger partial charge in [0.1, 0.15) is 5.75 Å². The minimum Gasteiger partial charge on any atom is -0.484 e. The molecule has 0 fully saturated rings. The van der Waals surface area contributed by atoms with Crippen molar-refractivity contribution >= 4 is 11.8 Å². The zero-order valence-corrected chi connectivity index (χ0v) is 17.7. The SMILES string of the molecule is C=C(CCC(=O)NCc1cc(C)ccc1C)NC(=O)COc1ccc(C)c(C)c1. The first-order valence-corrected chi connectivity index (χ1v) is 9.75. The van der Waals surface area contributed by atoms with E-state index in [1.54, 1.807) is 0 Å². The molecule has 2 aromatic rings. The lowest BCUT2D eigenvalue weighted by Gasteiger charge is -2.11. The molecule has 2 amide bonds. The first-order chi connectivity index (χ1) is 13.7. The summed E-state index contributed by atoms with van der Waals surface area (Å²) in [6, 6.07) is 11.9. The van der Waals surface area contributed by atoms with E-state index in [2.05, 4.69) is 29.3 Å². The number of hydrogen-bond acceptors (Lipinski definition) is 3. The fraction of sp³-hybridized carbons (Fsp3) is 0.333. The Balaban J connectivity index is 1.68. The monoisotopic (exact) mass is 394 g/mol. The first-order valence-electron chi connectivity index (χ1n) is 9.75. The number of carbonyl (C=O) groups is 2. The van der Waals surface area contributed by atoms with Crippen molar-refractivity contribution in [2.75, 3.05) is 6.61 Å². The van der Waals surface area contributed by atoms with Crippen molar-refractivity contribution in [3.8, 4) is 5.75 Å². The van der Waals surface area contributed by atoms with Gasteiger partial charge in [-0.15, -0.1) is 0 Å². The summed E-state index contributed by atoms with van der Waals surface area (Å²) in [6.45, 7) is 12.3. The number of carbonyl (C=O) groups excluding carboxylic acids is 2. The highest BCUT2D eigenvalue weighted by molar-refractivity contribution is 5.80. The van der Waals surface area contributed by atoms with Crippen molar-refractivity contribution in [3.63, 3.8) is 0 Å². The Bertz CT molecular complexity index is 903. The summed E-state index contributed by atoms with van der Waals surface area (Å²) < 4.78 is 5.51. The normalized spacial score (nSPS) is 10.3. The molecule has 5 heteroatoms. The Labute approximate surface area is 173 Å². The van der Waals surface area contributed by atoms with Gasteiger partial charge in [0.05, 0.1) is 0 Å². The molecule has 154 valence electrons. The predicted octanol–water partition coefficient (Wildman–Crippen LogP) is 4.03. The second-order valence-electron chi connectivity index (χ2n) is 7.39. The van der Waals surface area contributed by atoms with E-state index in [9.17, 15) is 9.59 Å². The van der Waals surface area contributed by atoms with Crippen molar-refractivity contribution < 1.29 is 14.3 Å². The van der Waals surface area contributed by atoms with Crippen LogP contribution >= 0.6 is 0 Å². The molecule has 0 atom stereocenters. The summed E-state index contributed by atoms with van der Waals surface area (Å²) in [4.78, 5) is 24.1. The van der Waals surface area contributed by atoms with Gasteiger partial charge in [-0.1, -0.05) is 36.4 Å². The van der Waals surface area contributed by atoms with Gasteiger partial charge in [-0.3, -0.25) is 9.59 Å². The van der Waals surface area contributed by atoms with Crippen LogP contribution in [0.4, 0.5) is 0 Å². The Morgan fingerprint density at radius 1 is 0.897 bits per heavy atom. The molecule has 0 bridgehead atoms. The summed E-state index contributed by atoms with van der Waals surface area (Å²) in [7, 11) is 0. The minimum absolute atomic E-state index is 0.0762. The second kappa shape index (κ2) is 10.5. The predicted molar refractivity (Wildman–Crippen MR) is 116 cm³/mol. The molecule has 2 N–H and O–H groups in total. The van der Waals surface area contributed by atoms with Gasteiger partial charge in [0.2, 0.25) is 5.91 Å². The molecule has 0 unspecified atom stereocenters. The largest absolute Gasteiger partial charge is 0.484 e. The highest BCUT2D eigenvalue weighted by Crippen LogP contribution is 2.16. The number of aryl methyl sites for hydroxylation is 4. The molecule has 0 radical (unpaired) electrons. The molecule has 0 aliphatic rings. The molecule has 0 aliphatic carbocycles. The van der Waals surface area contributed by atoms with Crippen LogP contribution in [0.5, 0.6) is 5.75 Å². The lowest BCUT2D eigenvalue weighted by atomic mass is 10.1. The maximum absolute atomic E-state index is 12.1. The number of nitrogens with one attached hydrogen (secondary N) is 2. The zero-order valence-electron chi connectivity index (χ0n) is 17.7. The molecule has 29 heavy (non-hydrogen) atoms. The lowest BCUT2D eigenvalue weighted by Crippen LogP contribution is -2.29. The van der Waals surface area contributed by atoms with Crippen LogP contribution in [0.2, 0.25) is 0 Å². The lowest BCUT2D eigenvalue weighted by molar-refractivity contribution is -0.123.